The van der Waals surface area contributed by atoms with E-state index in [1.807, 2.05) is 13.8 Å². The molecule has 74 valence electrons. The van der Waals surface area contributed by atoms with Crippen molar-refractivity contribution in [2.45, 2.75) is 19.9 Å². The molecule has 1 fully saturated rings. The second kappa shape index (κ2) is 4.11. The maximum Gasteiger partial charge on any atom is 0.317 e. The third-order valence-electron chi connectivity index (χ3n) is 1.85. The Labute approximate surface area is 77.5 Å². The number of carbonyl (C=O) groups excluding carboxylic acids is 2. The maximum atomic E-state index is 11.3. The number of hydrogen-bond donors (Lipinski definition) is 2. The molecule has 3 amide bonds. The van der Waals surface area contributed by atoms with E-state index >= 15 is 0 Å². The molecule has 0 aromatic carbocycles. The van der Waals surface area contributed by atoms with Crippen molar-refractivity contribution < 1.29 is 9.59 Å². The molecule has 0 aromatic rings. The van der Waals surface area contributed by atoms with E-state index in [9.17, 15) is 9.59 Å². The summed E-state index contributed by atoms with van der Waals surface area (Å²) in [6.45, 7) is 5.06. The smallest absolute Gasteiger partial charge is 0.317 e. The first kappa shape index (κ1) is 9.83. The van der Waals surface area contributed by atoms with Gasteiger partial charge in [0.05, 0.1) is 0 Å². The summed E-state index contributed by atoms with van der Waals surface area (Å²) < 4.78 is 0. The zero-order chi connectivity index (χ0) is 9.84. The lowest BCUT2D eigenvalue weighted by Crippen LogP contribution is -2.56. The fourth-order valence-corrected chi connectivity index (χ4v) is 1.35. The van der Waals surface area contributed by atoms with Gasteiger partial charge in [-0.2, -0.15) is 0 Å². The molecule has 13 heavy (non-hydrogen) atoms. The largest absolute Gasteiger partial charge is 0.350 e. The molecule has 1 heterocycles. The molecule has 1 aliphatic rings. The Kier molecular flexibility index (Phi) is 3.11. The summed E-state index contributed by atoms with van der Waals surface area (Å²) in [5, 5.41) is 5.41. The van der Waals surface area contributed by atoms with E-state index in [1.165, 1.54) is 4.90 Å². The van der Waals surface area contributed by atoms with Crippen LogP contribution in [-0.4, -0.2) is 42.5 Å². The second-order valence-corrected chi connectivity index (χ2v) is 3.18. The third kappa shape index (κ3) is 2.61. The highest BCUT2D eigenvalue weighted by molar-refractivity contribution is 5.85. The topological polar surface area (TPSA) is 61.4 Å². The summed E-state index contributed by atoms with van der Waals surface area (Å²) in [6.07, 6.45) is 0. The standard InChI is InChI=1S/C8H15N3O2/c1-3-9-8(13)11-4-6(2)10-7(12)5-11/h6H,3-5H2,1-2H3,(H,9,13)(H,10,12). The molecule has 1 atom stereocenters. The number of carbonyl (C=O) groups is 2. The molecule has 1 rings (SSSR count). The summed E-state index contributed by atoms with van der Waals surface area (Å²) in [4.78, 5) is 23.9. The Morgan fingerprint density at radius 2 is 2.46 bits per heavy atom. The van der Waals surface area contributed by atoms with Gasteiger partial charge in [-0.05, 0) is 13.8 Å². The normalized spacial score (nSPS) is 22.5. The van der Waals surface area contributed by atoms with Crippen LogP contribution in [0.3, 0.4) is 0 Å². The van der Waals surface area contributed by atoms with E-state index in [0.29, 0.717) is 13.1 Å². The van der Waals surface area contributed by atoms with E-state index in [0.717, 1.165) is 0 Å². The molecule has 1 unspecified atom stereocenters. The van der Waals surface area contributed by atoms with Crippen molar-refractivity contribution in [1.82, 2.24) is 15.5 Å². The molecular formula is C8H15N3O2. The zero-order valence-corrected chi connectivity index (χ0v) is 7.96. The maximum absolute atomic E-state index is 11.3. The summed E-state index contributed by atoms with van der Waals surface area (Å²) in [5.74, 6) is -0.0926. The van der Waals surface area contributed by atoms with Crippen LogP contribution in [0.2, 0.25) is 0 Å². The summed E-state index contributed by atoms with van der Waals surface area (Å²) in [6, 6.07) is -0.118. The molecule has 0 bridgehead atoms. The first-order valence-corrected chi connectivity index (χ1v) is 4.45. The third-order valence-corrected chi connectivity index (χ3v) is 1.85. The summed E-state index contributed by atoms with van der Waals surface area (Å²) in [5.41, 5.74) is 0. The summed E-state index contributed by atoms with van der Waals surface area (Å²) in [7, 11) is 0. The Bertz CT molecular complexity index is 217. The number of urea groups is 1. The molecular weight excluding hydrogens is 170 g/mol. The van der Waals surface area contributed by atoms with E-state index < -0.39 is 0 Å². The Hall–Kier alpha value is -1.26. The number of nitrogens with zero attached hydrogens (tertiary/aromatic N) is 1. The Balaban J connectivity index is 2.49. The fourth-order valence-electron chi connectivity index (χ4n) is 1.35. The minimum absolute atomic E-state index is 0.0452. The van der Waals surface area contributed by atoms with Gasteiger partial charge in [0, 0.05) is 19.1 Å². The minimum Gasteiger partial charge on any atom is -0.350 e. The van der Waals surface area contributed by atoms with Gasteiger partial charge in [-0.3, -0.25) is 4.79 Å². The molecule has 0 aliphatic carbocycles. The fraction of sp³-hybridized carbons (Fsp3) is 0.750. The van der Waals surface area contributed by atoms with Crippen LogP contribution in [0.5, 0.6) is 0 Å². The number of hydrogen-bond acceptors (Lipinski definition) is 2. The molecule has 1 saturated heterocycles. The first-order valence-electron chi connectivity index (χ1n) is 4.45. The van der Waals surface area contributed by atoms with E-state index in [2.05, 4.69) is 10.6 Å². The molecule has 0 aromatic heterocycles. The molecule has 0 spiro atoms. The van der Waals surface area contributed by atoms with Crippen LogP contribution in [0.4, 0.5) is 4.79 Å². The quantitative estimate of drug-likeness (QED) is 0.580. The van der Waals surface area contributed by atoms with Gasteiger partial charge in [0.2, 0.25) is 5.91 Å². The lowest BCUT2D eigenvalue weighted by molar-refractivity contribution is -0.124. The van der Waals surface area contributed by atoms with Crippen molar-refractivity contribution in [2.75, 3.05) is 19.6 Å². The average molecular weight is 185 g/mol. The number of nitrogens with one attached hydrogen (secondary N) is 2. The van der Waals surface area contributed by atoms with Gasteiger partial charge in [0.25, 0.3) is 0 Å². The molecule has 2 N–H and O–H groups in total. The van der Waals surface area contributed by atoms with Crippen LogP contribution in [0, 0.1) is 0 Å². The number of rotatable bonds is 1. The SMILES string of the molecule is CCNC(=O)N1CC(=O)NC(C)C1. The van der Waals surface area contributed by atoms with Crippen molar-refractivity contribution in [2.24, 2.45) is 0 Å². The molecule has 0 radical (unpaired) electrons. The van der Waals surface area contributed by atoms with Gasteiger partial charge in [-0.15, -0.1) is 0 Å². The highest BCUT2D eigenvalue weighted by atomic mass is 16.2. The van der Waals surface area contributed by atoms with Gasteiger partial charge < -0.3 is 15.5 Å². The van der Waals surface area contributed by atoms with E-state index in [1.54, 1.807) is 0 Å². The van der Waals surface area contributed by atoms with E-state index in [-0.39, 0.29) is 24.5 Å². The van der Waals surface area contributed by atoms with Crippen molar-refractivity contribution in [3.8, 4) is 0 Å². The monoisotopic (exact) mass is 185 g/mol. The lowest BCUT2D eigenvalue weighted by atomic mass is 10.2. The lowest BCUT2D eigenvalue weighted by Gasteiger charge is -2.30. The first-order chi connectivity index (χ1) is 6.13. The number of piperazine rings is 1. The predicted molar refractivity (Wildman–Crippen MR) is 48.3 cm³/mol. The number of amides is 3. The highest BCUT2D eigenvalue weighted by Gasteiger charge is 2.24. The molecule has 5 nitrogen and oxygen atoms in total. The van der Waals surface area contributed by atoms with Crippen LogP contribution in [0.1, 0.15) is 13.8 Å². The van der Waals surface area contributed by atoms with Crippen LogP contribution in [0.15, 0.2) is 0 Å². The molecule has 1 aliphatic heterocycles. The second-order valence-electron chi connectivity index (χ2n) is 3.18. The van der Waals surface area contributed by atoms with Crippen molar-refractivity contribution in [1.29, 1.82) is 0 Å². The molecule has 5 heteroatoms. The Morgan fingerprint density at radius 1 is 1.77 bits per heavy atom. The predicted octanol–water partition coefficient (Wildman–Crippen LogP) is -0.464. The summed E-state index contributed by atoms with van der Waals surface area (Å²) >= 11 is 0. The van der Waals surface area contributed by atoms with Crippen molar-refractivity contribution in [3.05, 3.63) is 0 Å². The Morgan fingerprint density at radius 3 is 3.00 bits per heavy atom. The van der Waals surface area contributed by atoms with Crippen LogP contribution < -0.4 is 10.6 Å². The van der Waals surface area contributed by atoms with Gasteiger partial charge in [-0.25, -0.2) is 4.79 Å². The van der Waals surface area contributed by atoms with Gasteiger partial charge in [-0.1, -0.05) is 0 Å². The minimum atomic E-state index is -0.163. The van der Waals surface area contributed by atoms with Gasteiger partial charge in [0.1, 0.15) is 6.54 Å². The van der Waals surface area contributed by atoms with E-state index in [4.69, 9.17) is 0 Å². The van der Waals surface area contributed by atoms with Crippen LogP contribution in [-0.2, 0) is 4.79 Å². The molecule has 0 saturated carbocycles. The zero-order valence-electron chi connectivity index (χ0n) is 7.96. The van der Waals surface area contributed by atoms with Gasteiger partial charge >= 0.3 is 6.03 Å². The van der Waals surface area contributed by atoms with Crippen LogP contribution in [0.25, 0.3) is 0 Å². The highest BCUT2D eigenvalue weighted by Crippen LogP contribution is 1.99. The van der Waals surface area contributed by atoms with Crippen molar-refractivity contribution >= 4 is 11.9 Å². The van der Waals surface area contributed by atoms with Crippen LogP contribution >= 0.6 is 0 Å². The van der Waals surface area contributed by atoms with Crippen molar-refractivity contribution in [3.63, 3.8) is 0 Å². The van der Waals surface area contributed by atoms with Gasteiger partial charge in [0.15, 0.2) is 0 Å². The average Bonchev–Trinajstić information content (AvgIpc) is 2.03.